The smallest absolute Gasteiger partial charge is 0.249 e. The molecule has 0 aromatic carbocycles. The Hall–Kier alpha value is -1.39. The van der Waals surface area contributed by atoms with E-state index in [9.17, 15) is 4.79 Å². The monoisotopic (exact) mass is 345 g/mol. The summed E-state index contributed by atoms with van der Waals surface area (Å²) in [5.74, 6) is 3.42. The second-order valence-electron chi connectivity index (χ2n) is 8.31. The third kappa shape index (κ3) is 3.75. The first-order valence-corrected chi connectivity index (χ1v) is 10.4. The van der Waals surface area contributed by atoms with Crippen LogP contribution in [0.5, 0.6) is 0 Å². The number of carbonyl (C=O) groups excluding carboxylic acids is 1. The normalized spacial score (nSPS) is 30.0. The van der Waals surface area contributed by atoms with Crippen molar-refractivity contribution in [3.63, 3.8) is 0 Å². The summed E-state index contributed by atoms with van der Waals surface area (Å²) in [6.07, 6.45) is 12.9. The van der Waals surface area contributed by atoms with Crippen LogP contribution in [0.3, 0.4) is 0 Å². The summed E-state index contributed by atoms with van der Waals surface area (Å²) in [6, 6.07) is 0.0188. The molecule has 25 heavy (non-hydrogen) atoms. The number of nitrogens with zero attached hydrogens (tertiary/aromatic N) is 3. The van der Waals surface area contributed by atoms with Crippen molar-refractivity contribution < 1.29 is 9.32 Å². The van der Waals surface area contributed by atoms with Crippen LogP contribution in [-0.4, -0.2) is 27.5 Å². The van der Waals surface area contributed by atoms with Gasteiger partial charge < -0.3 is 9.42 Å². The van der Waals surface area contributed by atoms with E-state index in [0.717, 1.165) is 44.0 Å². The van der Waals surface area contributed by atoms with Gasteiger partial charge in [-0.05, 0) is 57.3 Å². The molecule has 3 fully saturated rings. The zero-order chi connectivity index (χ0) is 17.2. The largest absolute Gasteiger partial charge is 0.337 e. The van der Waals surface area contributed by atoms with Crippen molar-refractivity contribution in [2.24, 2.45) is 11.8 Å². The summed E-state index contributed by atoms with van der Waals surface area (Å²) >= 11 is 0. The Labute approximate surface area is 150 Å². The average Bonchev–Trinajstić information content (AvgIpc) is 3.18. The lowest BCUT2D eigenvalue weighted by atomic mass is 9.79. The van der Waals surface area contributed by atoms with Gasteiger partial charge in [-0.1, -0.05) is 31.3 Å². The van der Waals surface area contributed by atoms with Gasteiger partial charge in [0.15, 0.2) is 5.82 Å². The molecule has 4 rings (SSSR count). The van der Waals surface area contributed by atoms with Crippen molar-refractivity contribution in [3.05, 3.63) is 11.7 Å². The van der Waals surface area contributed by atoms with Gasteiger partial charge in [0, 0.05) is 18.4 Å². The summed E-state index contributed by atoms with van der Waals surface area (Å²) in [4.78, 5) is 19.7. The maximum atomic E-state index is 13.1. The number of rotatable bonds is 6. The highest BCUT2D eigenvalue weighted by atomic mass is 16.5. The molecule has 0 bridgehead atoms. The molecule has 1 atom stereocenters. The molecule has 3 aliphatic rings. The van der Waals surface area contributed by atoms with Crippen LogP contribution in [0, 0.1) is 11.8 Å². The molecule has 0 radical (unpaired) electrons. The molecule has 1 aromatic heterocycles. The highest BCUT2D eigenvalue weighted by molar-refractivity contribution is 5.79. The summed E-state index contributed by atoms with van der Waals surface area (Å²) in [5.41, 5.74) is 0. The van der Waals surface area contributed by atoms with Crippen LogP contribution >= 0.6 is 0 Å². The van der Waals surface area contributed by atoms with Crippen molar-refractivity contribution in [1.82, 2.24) is 15.0 Å². The van der Waals surface area contributed by atoms with Gasteiger partial charge in [0.2, 0.25) is 11.8 Å². The Bertz CT molecular complexity index is 588. The molecule has 2 saturated carbocycles. The Morgan fingerprint density at radius 3 is 2.68 bits per heavy atom. The summed E-state index contributed by atoms with van der Waals surface area (Å²) < 4.78 is 5.52. The van der Waals surface area contributed by atoms with Crippen LogP contribution in [0.2, 0.25) is 0 Å². The van der Waals surface area contributed by atoms with Crippen LogP contribution in [-0.2, 0) is 4.79 Å². The van der Waals surface area contributed by atoms with E-state index in [0.29, 0.717) is 17.7 Å². The lowest BCUT2D eigenvalue weighted by Gasteiger charge is -2.32. The number of hydrogen-bond acceptors (Lipinski definition) is 4. The molecule has 1 saturated heterocycles. The fourth-order valence-corrected chi connectivity index (χ4v) is 4.60. The molecule has 1 aromatic rings. The molecule has 5 heteroatoms. The van der Waals surface area contributed by atoms with Crippen molar-refractivity contribution >= 4 is 5.91 Å². The van der Waals surface area contributed by atoms with Crippen LogP contribution in [0.4, 0.5) is 0 Å². The van der Waals surface area contributed by atoms with Gasteiger partial charge in [0.1, 0.15) is 6.04 Å². The molecule has 1 unspecified atom stereocenters. The highest BCUT2D eigenvalue weighted by Crippen LogP contribution is 2.41. The number of likely N-dealkylation sites (tertiary alicyclic amines) is 1. The number of carbonyl (C=O) groups is 1. The first-order chi connectivity index (χ1) is 12.3. The molecule has 1 amide bonds. The number of hydrogen-bond donors (Lipinski definition) is 0. The third-order valence-electron chi connectivity index (χ3n) is 6.38. The first-order valence-electron chi connectivity index (χ1n) is 10.4. The Morgan fingerprint density at radius 2 is 1.96 bits per heavy atom. The predicted octanol–water partition coefficient (Wildman–Crippen LogP) is 4.61. The molecular formula is C20H31N3O2. The van der Waals surface area contributed by atoms with E-state index in [1.807, 2.05) is 4.90 Å². The van der Waals surface area contributed by atoms with Crippen molar-refractivity contribution in [3.8, 4) is 0 Å². The van der Waals surface area contributed by atoms with Gasteiger partial charge in [-0.15, -0.1) is 0 Å². The lowest BCUT2D eigenvalue weighted by molar-refractivity contribution is -0.138. The van der Waals surface area contributed by atoms with Gasteiger partial charge in [-0.25, -0.2) is 0 Å². The van der Waals surface area contributed by atoms with E-state index in [4.69, 9.17) is 4.52 Å². The second kappa shape index (κ2) is 7.46. The minimum Gasteiger partial charge on any atom is -0.337 e. The van der Waals surface area contributed by atoms with Crippen LogP contribution in [0.1, 0.15) is 101 Å². The van der Waals surface area contributed by atoms with Gasteiger partial charge in [0.05, 0.1) is 0 Å². The maximum Gasteiger partial charge on any atom is 0.249 e. The second-order valence-corrected chi connectivity index (χ2v) is 8.31. The molecule has 2 heterocycles. The molecule has 138 valence electrons. The fraction of sp³-hybridized carbons (Fsp3) is 0.850. The van der Waals surface area contributed by atoms with Crippen molar-refractivity contribution in [1.29, 1.82) is 0 Å². The Kier molecular flexibility index (Phi) is 5.09. The van der Waals surface area contributed by atoms with Crippen molar-refractivity contribution in [2.75, 3.05) is 6.54 Å². The third-order valence-corrected chi connectivity index (χ3v) is 6.38. The van der Waals surface area contributed by atoms with Crippen LogP contribution in [0.25, 0.3) is 0 Å². The van der Waals surface area contributed by atoms with E-state index in [1.165, 1.54) is 44.9 Å². The SMILES string of the molecule is CCCCC1CCC(C(=O)N2CCCC2c2nc(C3CC3)no2)CC1. The standard InChI is InChI=1S/C20H31N3O2/c1-2-3-5-14-7-9-16(10-8-14)20(24)23-13-4-6-17(23)19-21-18(22-25-19)15-11-12-15/h14-17H,2-13H2,1H3. The predicted molar refractivity (Wildman–Crippen MR) is 94.9 cm³/mol. The number of aromatic nitrogens is 2. The maximum absolute atomic E-state index is 13.1. The minimum absolute atomic E-state index is 0.0188. The molecule has 0 spiro atoms. The van der Waals surface area contributed by atoms with Gasteiger partial charge in [0.25, 0.3) is 0 Å². The van der Waals surface area contributed by atoms with Gasteiger partial charge in [-0.3, -0.25) is 4.79 Å². The zero-order valence-electron chi connectivity index (χ0n) is 15.5. The molecular weight excluding hydrogens is 314 g/mol. The zero-order valence-corrected chi connectivity index (χ0v) is 15.5. The Balaban J connectivity index is 1.36. The molecule has 1 aliphatic heterocycles. The summed E-state index contributed by atoms with van der Waals surface area (Å²) in [7, 11) is 0. The first kappa shape index (κ1) is 17.0. The van der Waals surface area contributed by atoms with E-state index in [-0.39, 0.29) is 12.0 Å². The van der Waals surface area contributed by atoms with Crippen molar-refractivity contribution in [2.45, 2.75) is 89.5 Å². The fourth-order valence-electron chi connectivity index (χ4n) is 4.60. The van der Waals surface area contributed by atoms with E-state index < -0.39 is 0 Å². The number of amides is 1. The molecule has 0 N–H and O–H groups in total. The lowest BCUT2D eigenvalue weighted by Crippen LogP contribution is -2.37. The van der Waals surface area contributed by atoms with Crippen LogP contribution in [0.15, 0.2) is 4.52 Å². The Morgan fingerprint density at radius 1 is 1.16 bits per heavy atom. The summed E-state index contributed by atoms with van der Waals surface area (Å²) in [6.45, 7) is 3.11. The molecule has 5 nitrogen and oxygen atoms in total. The molecule has 2 aliphatic carbocycles. The van der Waals surface area contributed by atoms with Crippen LogP contribution < -0.4 is 0 Å². The number of unbranched alkanes of at least 4 members (excludes halogenated alkanes) is 1. The van der Waals surface area contributed by atoms with E-state index >= 15 is 0 Å². The minimum atomic E-state index is 0.0188. The topological polar surface area (TPSA) is 59.2 Å². The average molecular weight is 345 g/mol. The highest BCUT2D eigenvalue weighted by Gasteiger charge is 2.39. The quantitative estimate of drug-likeness (QED) is 0.755. The van der Waals surface area contributed by atoms with E-state index in [2.05, 4.69) is 17.1 Å². The van der Waals surface area contributed by atoms with E-state index in [1.54, 1.807) is 0 Å². The van der Waals surface area contributed by atoms with Gasteiger partial charge >= 0.3 is 0 Å². The van der Waals surface area contributed by atoms with Gasteiger partial charge in [-0.2, -0.15) is 4.98 Å². The summed E-state index contributed by atoms with van der Waals surface area (Å²) in [5, 5.41) is 4.14.